The van der Waals surface area contributed by atoms with Crippen LogP contribution in [0.5, 0.6) is 0 Å². The highest BCUT2D eigenvalue weighted by Gasteiger charge is 2.29. The molecule has 150 valence electrons. The highest BCUT2D eigenvalue weighted by atomic mass is 35.5. The normalized spacial score (nSPS) is 12.1. The Morgan fingerprint density at radius 1 is 1.11 bits per heavy atom. The van der Waals surface area contributed by atoms with Crippen LogP contribution in [0.4, 0.5) is 5.95 Å². The minimum absolute atomic E-state index is 0.0958. The molecule has 3 rings (SSSR count). The van der Waals surface area contributed by atoms with Crippen molar-refractivity contribution in [3.8, 4) is 0 Å². The second-order valence-electron chi connectivity index (χ2n) is 7.29. The van der Waals surface area contributed by atoms with Gasteiger partial charge >= 0.3 is 0 Å². The summed E-state index contributed by atoms with van der Waals surface area (Å²) in [7, 11) is -3.81. The van der Waals surface area contributed by atoms with Gasteiger partial charge in [0.2, 0.25) is 0 Å². The van der Waals surface area contributed by atoms with Crippen molar-refractivity contribution in [3.63, 3.8) is 0 Å². The fraction of sp³-hybridized carbons (Fsp3) is 0.421. The van der Waals surface area contributed by atoms with Crippen molar-refractivity contribution in [1.29, 1.82) is 0 Å². The summed E-state index contributed by atoms with van der Waals surface area (Å²) in [6.45, 7) is 9.86. The van der Waals surface area contributed by atoms with Gasteiger partial charge in [-0.05, 0) is 45.2 Å². The van der Waals surface area contributed by atoms with Gasteiger partial charge in [0.05, 0.1) is 21.3 Å². The van der Waals surface area contributed by atoms with E-state index in [4.69, 9.17) is 11.6 Å². The Labute approximate surface area is 170 Å². The summed E-state index contributed by atoms with van der Waals surface area (Å²) in [5.41, 5.74) is 2.28. The van der Waals surface area contributed by atoms with Gasteiger partial charge in [0.1, 0.15) is 0 Å². The fourth-order valence-corrected chi connectivity index (χ4v) is 4.29. The van der Waals surface area contributed by atoms with Crippen LogP contribution in [0, 0.1) is 26.7 Å². The van der Waals surface area contributed by atoms with Crippen LogP contribution >= 0.6 is 11.6 Å². The number of benzene rings is 1. The second kappa shape index (κ2) is 7.67. The Morgan fingerprint density at radius 3 is 2.36 bits per heavy atom. The number of halogens is 1. The summed E-state index contributed by atoms with van der Waals surface area (Å²) in [6.07, 6.45) is 0.673. The van der Waals surface area contributed by atoms with E-state index in [1.807, 2.05) is 20.8 Å². The molecule has 2 aromatic heterocycles. The lowest BCUT2D eigenvalue weighted by Crippen LogP contribution is -2.33. The third-order valence-electron chi connectivity index (χ3n) is 4.54. The number of anilines is 1. The second-order valence-corrected chi connectivity index (χ2v) is 9.53. The van der Waals surface area contributed by atoms with Crippen molar-refractivity contribution in [3.05, 3.63) is 46.2 Å². The maximum absolute atomic E-state index is 13.3. The van der Waals surface area contributed by atoms with Crippen LogP contribution in [-0.4, -0.2) is 34.5 Å². The molecule has 3 aromatic rings. The number of sulfonamides is 1. The van der Waals surface area contributed by atoms with Gasteiger partial charge in [-0.2, -0.15) is 9.50 Å². The maximum atomic E-state index is 13.3. The predicted octanol–water partition coefficient (Wildman–Crippen LogP) is 3.94. The summed E-state index contributed by atoms with van der Waals surface area (Å²) in [5, 5.41) is 4.89. The molecule has 0 amide bonds. The molecule has 2 heterocycles. The highest BCUT2D eigenvalue weighted by molar-refractivity contribution is 7.92. The van der Waals surface area contributed by atoms with Gasteiger partial charge in [0, 0.05) is 6.54 Å². The Kier molecular flexibility index (Phi) is 5.63. The van der Waals surface area contributed by atoms with Crippen LogP contribution < -0.4 is 4.31 Å². The minimum Gasteiger partial charge on any atom is -0.232 e. The molecular weight excluding hydrogens is 398 g/mol. The third-order valence-corrected chi connectivity index (χ3v) is 6.88. The van der Waals surface area contributed by atoms with E-state index in [0.29, 0.717) is 34.5 Å². The number of aryl methyl sites for hydroxylation is 3. The van der Waals surface area contributed by atoms with Crippen LogP contribution in [-0.2, 0) is 10.0 Å². The lowest BCUT2D eigenvalue weighted by Gasteiger charge is -2.21. The molecule has 0 aliphatic rings. The van der Waals surface area contributed by atoms with Gasteiger partial charge in [-0.3, -0.25) is 0 Å². The van der Waals surface area contributed by atoms with Crippen LogP contribution in [0.2, 0.25) is 5.02 Å². The molecule has 0 aliphatic carbocycles. The Bertz CT molecular complexity index is 1110. The first-order valence-electron chi connectivity index (χ1n) is 9.10. The molecule has 0 atom stereocenters. The summed E-state index contributed by atoms with van der Waals surface area (Å²) < 4.78 is 29.4. The Hall–Kier alpha value is -2.19. The average Bonchev–Trinajstić information content (AvgIpc) is 3.03. The molecule has 0 N–H and O–H groups in total. The number of hydrogen-bond donors (Lipinski definition) is 0. The molecule has 0 aliphatic heterocycles. The number of fused-ring (bicyclic) bond motifs is 1. The number of hydrogen-bond acceptors (Lipinski definition) is 5. The van der Waals surface area contributed by atoms with Crippen molar-refractivity contribution in [2.75, 3.05) is 10.8 Å². The fourth-order valence-electron chi connectivity index (χ4n) is 2.79. The van der Waals surface area contributed by atoms with Crippen molar-refractivity contribution >= 4 is 33.4 Å². The third kappa shape index (κ3) is 3.84. The summed E-state index contributed by atoms with van der Waals surface area (Å²) in [4.78, 5) is 8.94. The molecule has 0 spiro atoms. The van der Waals surface area contributed by atoms with E-state index in [2.05, 4.69) is 15.1 Å². The molecule has 0 unspecified atom stereocenters. The van der Waals surface area contributed by atoms with Gasteiger partial charge < -0.3 is 0 Å². The first kappa shape index (κ1) is 20.5. The molecule has 0 radical (unpaired) electrons. The molecule has 1 aromatic carbocycles. The molecule has 0 saturated carbocycles. The van der Waals surface area contributed by atoms with Crippen LogP contribution in [0.1, 0.15) is 37.2 Å². The molecule has 0 bridgehead atoms. The topological polar surface area (TPSA) is 80.5 Å². The van der Waals surface area contributed by atoms with Crippen LogP contribution in [0.25, 0.3) is 5.78 Å². The van der Waals surface area contributed by atoms with Crippen LogP contribution in [0.3, 0.4) is 0 Å². The first-order chi connectivity index (χ1) is 13.1. The van der Waals surface area contributed by atoms with Crippen molar-refractivity contribution in [1.82, 2.24) is 19.6 Å². The zero-order valence-corrected chi connectivity index (χ0v) is 18.2. The molecule has 7 nitrogen and oxygen atoms in total. The average molecular weight is 422 g/mol. The quantitative estimate of drug-likeness (QED) is 0.602. The van der Waals surface area contributed by atoms with Gasteiger partial charge in [-0.25, -0.2) is 17.7 Å². The summed E-state index contributed by atoms with van der Waals surface area (Å²) >= 11 is 6.27. The lowest BCUT2D eigenvalue weighted by molar-refractivity contribution is 0.566. The summed E-state index contributed by atoms with van der Waals surface area (Å²) in [6, 6.07) is 6.76. The van der Waals surface area contributed by atoms with E-state index in [9.17, 15) is 8.42 Å². The zero-order chi connectivity index (χ0) is 20.6. The summed E-state index contributed by atoms with van der Waals surface area (Å²) in [5.74, 6) is 0.742. The SMILES string of the molecule is Cc1ccc(S(=O)(=O)N(CCC(C)C)c2nc3nc(C)c(Cl)c(C)n3n2)cc1. The van der Waals surface area contributed by atoms with E-state index < -0.39 is 10.0 Å². The first-order valence-corrected chi connectivity index (χ1v) is 10.9. The largest absolute Gasteiger partial charge is 0.266 e. The molecule has 9 heteroatoms. The van der Waals surface area contributed by atoms with Crippen molar-refractivity contribution in [2.45, 2.75) is 45.9 Å². The molecule has 28 heavy (non-hydrogen) atoms. The Morgan fingerprint density at radius 2 is 1.75 bits per heavy atom. The van der Waals surface area contributed by atoms with E-state index in [1.54, 1.807) is 38.1 Å². The van der Waals surface area contributed by atoms with Crippen molar-refractivity contribution < 1.29 is 8.42 Å². The maximum Gasteiger partial charge on any atom is 0.266 e. The van der Waals surface area contributed by atoms with E-state index in [1.165, 1.54) is 8.82 Å². The van der Waals surface area contributed by atoms with E-state index in [0.717, 1.165) is 5.56 Å². The number of rotatable bonds is 6. The molecule has 0 saturated heterocycles. The predicted molar refractivity (Wildman–Crippen MR) is 110 cm³/mol. The van der Waals surface area contributed by atoms with Gasteiger partial charge in [0.25, 0.3) is 21.7 Å². The standard InChI is InChI=1S/C19H24ClN5O2S/c1-12(2)10-11-24(28(26,27)16-8-6-13(3)7-9-16)19-22-18-21-14(4)17(20)15(5)25(18)23-19/h6-9,12H,10-11H2,1-5H3. The highest BCUT2D eigenvalue weighted by Crippen LogP contribution is 2.25. The molecular formula is C19H24ClN5O2S. The smallest absolute Gasteiger partial charge is 0.232 e. The van der Waals surface area contributed by atoms with E-state index in [-0.39, 0.29) is 17.4 Å². The number of nitrogens with zero attached hydrogens (tertiary/aromatic N) is 5. The molecule has 0 fully saturated rings. The lowest BCUT2D eigenvalue weighted by atomic mass is 10.1. The Balaban J connectivity index is 2.13. The van der Waals surface area contributed by atoms with Crippen molar-refractivity contribution in [2.24, 2.45) is 5.92 Å². The number of aromatic nitrogens is 4. The van der Waals surface area contributed by atoms with Gasteiger partial charge in [-0.15, -0.1) is 5.10 Å². The minimum atomic E-state index is -3.81. The van der Waals surface area contributed by atoms with E-state index >= 15 is 0 Å². The van der Waals surface area contributed by atoms with Crippen LogP contribution in [0.15, 0.2) is 29.2 Å². The zero-order valence-electron chi connectivity index (χ0n) is 16.6. The van der Waals surface area contributed by atoms with Gasteiger partial charge in [-0.1, -0.05) is 43.1 Å². The monoisotopic (exact) mass is 421 g/mol. The van der Waals surface area contributed by atoms with Gasteiger partial charge in [0.15, 0.2) is 0 Å².